The second-order valence-corrected chi connectivity index (χ2v) is 3.81. The van der Waals surface area contributed by atoms with Gasteiger partial charge in [-0.25, -0.2) is 4.98 Å². The lowest BCUT2D eigenvalue weighted by Crippen LogP contribution is -1.90. The molecule has 0 saturated carbocycles. The Bertz CT molecular complexity index is 410. The normalized spacial score (nSPS) is 10.8. The van der Waals surface area contributed by atoms with Crippen LogP contribution in [-0.4, -0.2) is 9.38 Å². The fourth-order valence-corrected chi connectivity index (χ4v) is 1.88. The van der Waals surface area contributed by atoms with E-state index in [1.54, 1.807) is 0 Å². The van der Waals surface area contributed by atoms with Gasteiger partial charge < -0.3 is 0 Å². The van der Waals surface area contributed by atoms with E-state index in [9.17, 15) is 0 Å². The largest absolute Gasteiger partial charge is 0.295 e. The van der Waals surface area contributed by atoms with Gasteiger partial charge in [0.15, 0.2) is 0 Å². The summed E-state index contributed by atoms with van der Waals surface area (Å²) in [6, 6.07) is 3.97. The summed E-state index contributed by atoms with van der Waals surface area (Å²) in [6.45, 7) is 0. The third kappa shape index (κ3) is 1.21. The van der Waals surface area contributed by atoms with Crippen molar-refractivity contribution in [3.05, 3.63) is 33.8 Å². The first kappa shape index (κ1) is 8.31. The van der Waals surface area contributed by atoms with Crippen LogP contribution in [0.2, 0.25) is 0 Å². The number of halogens is 2. The molecule has 0 saturated heterocycles. The average molecular weight is 293 g/mol. The molecule has 2 aromatic rings. The molecule has 2 aromatic heterocycles. The Balaban J connectivity index is 2.81. The van der Waals surface area contributed by atoms with Crippen LogP contribution in [0.25, 0.3) is 5.65 Å². The fraction of sp³-hybridized carbons (Fsp3) is 0.125. The number of alkyl halides is 1. The molecule has 0 spiro atoms. The Labute approximate surface area is 88.7 Å². The molecule has 0 atom stereocenters. The summed E-state index contributed by atoms with van der Waals surface area (Å²) in [5.74, 6) is 0.511. The molecule has 0 unspecified atom stereocenters. The molecule has 0 aliphatic rings. The molecule has 0 N–H and O–H groups in total. The highest BCUT2D eigenvalue weighted by Crippen LogP contribution is 2.14. The van der Waals surface area contributed by atoms with E-state index < -0.39 is 0 Å². The van der Waals surface area contributed by atoms with Gasteiger partial charge >= 0.3 is 0 Å². The molecule has 0 aliphatic carbocycles. The van der Waals surface area contributed by atoms with Crippen LogP contribution in [0.5, 0.6) is 0 Å². The zero-order valence-electron chi connectivity index (χ0n) is 6.17. The minimum Gasteiger partial charge on any atom is -0.295 e. The summed E-state index contributed by atoms with van der Waals surface area (Å²) in [5.41, 5.74) is 2.03. The molecule has 2 nitrogen and oxygen atoms in total. The minimum atomic E-state index is 0.511. The third-order valence-electron chi connectivity index (χ3n) is 1.72. The Hall–Kier alpha value is -0.290. The Morgan fingerprint density at radius 2 is 2.42 bits per heavy atom. The van der Waals surface area contributed by atoms with Crippen LogP contribution < -0.4 is 0 Å². The van der Waals surface area contributed by atoms with E-state index in [0.717, 1.165) is 14.9 Å². The van der Waals surface area contributed by atoms with Crippen molar-refractivity contribution in [1.82, 2.24) is 9.38 Å². The maximum Gasteiger partial charge on any atom is 0.141 e. The van der Waals surface area contributed by atoms with Crippen molar-refractivity contribution in [2.45, 2.75) is 5.88 Å². The first-order valence-electron chi connectivity index (χ1n) is 3.49. The van der Waals surface area contributed by atoms with Crippen LogP contribution in [0, 0.1) is 3.70 Å². The highest BCUT2D eigenvalue weighted by atomic mass is 127. The average Bonchev–Trinajstić information content (AvgIpc) is 2.48. The number of rotatable bonds is 1. The number of nitrogens with zero attached hydrogens (tertiary/aromatic N) is 2. The zero-order valence-corrected chi connectivity index (χ0v) is 9.08. The van der Waals surface area contributed by atoms with Gasteiger partial charge in [0.05, 0.1) is 12.1 Å². The molecule has 0 amide bonds. The molecule has 0 bridgehead atoms. The van der Waals surface area contributed by atoms with E-state index >= 15 is 0 Å². The maximum atomic E-state index is 5.76. The second kappa shape index (κ2) is 3.22. The highest BCUT2D eigenvalue weighted by molar-refractivity contribution is 14.1. The van der Waals surface area contributed by atoms with Crippen molar-refractivity contribution in [2.24, 2.45) is 0 Å². The molecule has 0 aliphatic heterocycles. The summed E-state index contributed by atoms with van der Waals surface area (Å²) in [4.78, 5) is 4.26. The van der Waals surface area contributed by atoms with Crippen LogP contribution in [-0.2, 0) is 5.88 Å². The van der Waals surface area contributed by atoms with Crippen molar-refractivity contribution in [3.8, 4) is 0 Å². The van der Waals surface area contributed by atoms with Gasteiger partial charge in [-0.15, -0.1) is 11.6 Å². The van der Waals surface area contributed by atoms with Crippen molar-refractivity contribution in [3.63, 3.8) is 0 Å². The van der Waals surface area contributed by atoms with Crippen LogP contribution in [0.15, 0.2) is 24.5 Å². The van der Waals surface area contributed by atoms with E-state index in [1.165, 1.54) is 0 Å². The standard InChI is InChI=1S/C8H6ClIN2/c9-4-6-2-1-3-12-7(10)5-11-8(6)12/h1-3,5H,4H2. The number of hydrogen-bond donors (Lipinski definition) is 0. The van der Waals surface area contributed by atoms with Gasteiger partial charge in [0.1, 0.15) is 9.35 Å². The lowest BCUT2D eigenvalue weighted by molar-refractivity contribution is 1.13. The van der Waals surface area contributed by atoms with Crippen molar-refractivity contribution >= 4 is 39.8 Å². The molecular weight excluding hydrogens is 286 g/mol. The topological polar surface area (TPSA) is 17.3 Å². The smallest absolute Gasteiger partial charge is 0.141 e. The first-order valence-corrected chi connectivity index (χ1v) is 5.10. The van der Waals surface area contributed by atoms with Crippen molar-refractivity contribution in [2.75, 3.05) is 0 Å². The van der Waals surface area contributed by atoms with Gasteiger partial charge in [-0.05, 0) is 28.7 Å². The van der Waals surface area contributed by atoms with E-state index in [1.807, 2.05) is 28.9 Å². The fourth-order valence-electron chi connectivity index (χ4n) is 1.14. The number of imidazole rings is 1. The van der Waals surface area contributed by atoms with E-state index in [0.29, 0.717) is 5.88 Å². The summed E-state index contributed by atoms with van der Waals surface area (Å²) in [6.07, 6.45) is 3.83. The highest BCUT2D eigenvalue weighted by Gasteiger charge is 2.03. The molecule has 0 radical (unpaired) electrons. The molecule has 12 heavy (non-hydrogen) atoms. The third-order valence-corrected chi connectivity index (χ3v) is 2.80. The van der Waals surface area contributed by atoms with Crippen LogP contribution >= 0.6 is 34.2 Å². The van der Waals surface area contributed by atoms with Gasteiger partial charge in [-0.3, -0.25) is 4.40 Å². The molecule has 2 rings (SSSR count). The molecule has 0 fully saturated rings. The second-order valence-electron chi connectivity index (χ2n) is 2.44. The molecule has 0 aromatic carbocycles. The Kier molecular flexibility index (Phi) is 2.23. The molecular formula is C8H6ClIN2. The number of fused-ring (bicyclic) bond motifs is 1. The summed E-state index contributed by atoms with van der Waals surface area (Å²) < 4.78 is 3.13. The van der Waals surface area contributed by atoms with Gasteiger partial charge in [0.2, 0.25) is 0 Å². The first-order chi connectivity index (χ1) is 5.83. The number of aromatic nitrogens is 2. The lowest BCUT2D eigenvalue weighted by atomic mass is 10.3. The van der Waals surface area contributed by atoms with Crippen molar-refractivity contribution in [1.29, 1.82) is 0 Å². The van der Waals surface area contributed by atoms with Crippen LogP contribution in [0.3, 0.4) is 0 Å². The lowest BCUT2D eigenvalue weighted by Gasteiger charge is -1.98. The zero-order chi connectivity index (χ0) is 8.55. The van der Waals surface area contributed by atoms with E-state index in [2.05, 4.69) is 27.6 Å². The quantitative estimate of drug-likeness (QED) is 0.583. The summed E-state index contributed by atoms with van der Waals surface area (Å²) >= 11 is 8.00. The Morgan fingerprint density at radius 3 is 3.17 bits per heavy atom. The monoisotopic (exact) mass is 292 g/mol. The molecule has 2 heterocycles. The Morgan fingerprint density at radius 1 is 1.58 bits per heavy atom. The molecule has 62 valence electrons. The SMILES string of the molecule is ClCc1cccn2c(I)cnc12. The molecule has 4 heteroatoms. The maximum absolute atomic E-state index is 5.76. The van der Waals surface area contributed by atoms with E-state index in [-0.39, 0.29) is 0 Å². The van der Waals surface area contributed by atoms with Gasteiger partial charge in [0, 0.05) is 11.8 Å². The van der Waals surface area contributed by atoms with Crippen molar-refractivity contribution < 1.29 is 0 Å². The summed E-state index contributed by atoms with van der Waals surface area (Å²) in [7, 11) is 0. The van der Waals surface area contributed by atoms with Gasteiger partial charge in [0.25, 0.3) is 0 Å². The predicted molar refractivity (Wildman–Crippen MR) is 57.5 cm³/mol. The van der Waals surface area contributed by atoms with Crippen LogP contribution in [0.4, 0.5) is 0 Å². The predicted octanol–water partition coefficient (Wildman–Crippen LogP) is 2.68. The van der Waals surface area contributed by atoms with E-state index in [4.69, 9.17) is 11.6 Å². The summed E-state index contributed by atoms with van der Waals surface area (Å²) in [5, 5.41) is 0. The van der Waals surface area contributed by atoms with Gasteiger partial charge in [-0.1, -0.05) is 6.07 Å². The minimum absolute atomic E-state index is 0.511. The number of hydrogen-bond acceptors (Lipinski definition) is 1. The van der Waals surface area contributed by atoms with Crippen LogP contribution in [0.1, 0.15) is 5.56 Å². The number of pyridine rings is 1. The van der Waals surface area contributed by atoms with Gasteiger partial charge in [-0.2, -0.15) is 0 Å².